The Morgan fingerprint density at radius 3 is 1.94 bits per heavy atom. The van der Waals surface area contributed by atoms with Crippen LogP contribution in [0.2, 0.25) is 0 Å². The lowest BCUT2D eigenvalue weighted by molar-refractivity contribution is 0.589. The predicted octanol–water partition coefficient (Wildman–Crippen LogP) is 4.02. The van der Waals surface area contributed by atoms with Crippen molar-refractivity contribution in [3.05, 3.63) is 29.8 Å². The third-order valence-electron chi connectivity index (χ3n) is 2.65. The van der Waals surface area contributed by atoms with Gasteiger partial charge >= 0.3 is 0 Å². The average molecular weight is 237 g/mol. The molecule has 0 aliphatic carbocycles. The minimum absolute atomic E-state index is 0.181. The van der Waals surface area contributed by atoms with Crippen molar-refractivity contribution in [1.29, 1.82) is 0 Å². The van der Waals surface area contributed by atoms with Crippen molar-refractivity contribution in [1.82, 2.24) is 0 Å². The molecular weight excluding hydrogens is 214 g/mol. The Hall–Kier alpha value is -0.470. The van der Waals surface area contributed by atoms with Crippen molar-refractivity contribution >= 4 is 11.8 Å². The zero-order chi connectivity index (χ0) is 12.3. The summed E-state index contributed by atoms with van der Waals surface area (Å²) in [6, 6.07) is 8.76. The molecule has 0 bridgehead atoms. The van der Waals surface area contributed by atoms with E-state index in [1.165, 1.54) is 10.5 Å². The van der Waals surface area contributed by atoms with E-state index in [0.29, 0.717) is 5.92 Å². The van der Waals surface area contributed by atoms with Crippen LogP contribution in [-0.2, 0) is 5.41 Å². The van der Waals surface area contributed by atoms with Crippen molar-refractivity contribution < 1.29 is 0 Å². The minimum atomic E-state index is 0.181. The maximum atomic E-state index is 6.04. The van der Waals surface area contributed by atoms with E-state index < -0.39 is 0 Å². The molecule has 0 saturated heterocycles. The van der Waals surface area contributed by atoms with Gasteiger partial charge in [-0.1, -0.05) is 46.8 Å². The van der Waals surface area contributed by atoms with Crippen LogP contribution in [0.1, 0.15) is 40.2 Å². The Kier molecular flexibility index (Phi) is 4.45. The van der Waals surface area contributed by atoms with Crippen molar-refractivity contribution in [3.63, 3.8) is 0 Å². The summed E-state index contributed by atoms with van der Waals surface area (Å²) < 4.78 is 0. The molecule has 1 rings (SSSR count). The highest BCUT2D eigenvalue weighted by Gasteiger charge is 2.14. The van der Waals surface area contributed by atoms with Gasteiger partial charge in [0, 0.05) is 4.90 Å². The van der Waals surface area contributed by atoms with Crippen LogP contribution in [0.4, 0.5) is 0 Å². The van der Waals surface area contributed by atoms with Crippen molar-refractivity contribution in [2.45, 2.75) is 50.3 Å². The average Bonchev–Trinajstić information content (AvgIpc) is 2.17. The molecule has 1 nitrogen and oxygen atoms in total. The molecule has 2 heteroatoms. The number of thioether (sulfide) groups is 1. The Balaban J connectivity index is 2.72. The van der Waals surface area contributed by atoms with Crippen LogP contribution in [0.5, 0.6) is 0 Å². The van der Waals surface area contributed by atoms with Gasteiger partial charge < -0.3 is 5.73 Å². The lowest BCUT2D eigenvalue weighted by Crippen LogP contribution is -2.21. The van der Waals surface area contributed by atoms with Crippen LogP contribution in [0.25, 0.3) is 0 Å². The highest BCUT2D eigenvalue weighted by atomic mass is 32.2. The fourth-order valence-corrected chi connectivity index (χ4v) is 2.21. The summed E-state index contributed by atoms with van der Waals surface area (Å²) in [6.45, 7) is 11.0. The van der Waals surface area contributed by atoms with Crippen molar-refractivity contribution in [2.75, 3.05) is 0 Å². The molecule has 0 saturated carbocycles. The molecule has 0 fully saturated rings. The van der Waals surface area contributed by atoms with Gasteiger partial charge in [-0.25, -0.2) is 0 Å². The van der Waals surface area contributed by atoms with Gasteiger partial charge in [0.2, 0.25) is 0 Å². The molecular formula is C14H23NS. The fraction of sp³-hybridized carbons (Fsp3) is 0.571. The maximum Gasteiger partial charge on any atom is 0.0577 e. The van der Waals surface area contributed by atoms with Crippen LogP contribution in [0.3, 0.4) is 0 Å². The summed E-state index contributed by atoms with van der Waals surface area (Å²) in [7, 11) is 0. The molecule has 0 aliphatic heterocycles. The van der Waals surface area contributed by atoms with Gasteiger partial charge in [0.05, 0.1) is 5.37 Å². The molecule has 0 aromatic heterocycles. The zero-order valence-electron chi connectivity index (χ0n) is 10.9. The van der Waals surface area contributed by atoms with Crippen LogP contribution in [0, 0.1) is 5.92 Å². The van der Waals surface area contributed by atoms with E-state index in [2.05, 4.69) is 58.9 Å². The van der Waals surface area contributed by atoms with E-state index in [1.54, 1.807) is 11.8 Å². The molecule has 0 radical (unpaired) electrons. The maximum absolute atomic E-state index is 6.04. The van der Waals surface area contributed by atoms with E-state index in [9.17, 15) is 0 Å². The number of hydrogen-bond acceptors (Lipinski definition) is 2. The van der Waals surface area contributed by atoms with Crippen LogP contribution in [-0.4, -0.2) is 5.37 Å². The van der Waals surface area contributed by atoms with Gasteiger partial charge in [0.25, 0.3) is 0 Å². The monoisotopic (exact) mass is 237 g/mol. The molecule has 0 aliphatic rings. The van der Waals surface area contributed by atoms with E-state index in [0.717, 1.165) is 0 Å². The van der Waals surface area contributed by atoms with E-state index in [4.69, 9.17) is 5.73 Å². The Bertz CT molecular complexity index is 322. The first-order chi connectivity index (χ1) is 7.30. The molecule has 16 heavy (non-hydrogen) atoms. The van der Waals surface area contributed by atoms with Crippen molar-refractivity contribution in [2.24, 2.45) is 11.7 Å². The quantitative estimate of drug-likeness (QED) is 0.635. The molecule has 0 amide bonds. The molecule has 1 aromatic rings. The first-order valence-electron chi connectivity index (χ1n) is 5.83. The highest BCUT2D eigenvalue weighted by molar-refractivity contribution is 7.99. The second-order valence-electron chi connectivity index (χ2n) is 5.60. The Morgan fingerprint density at radius 2 is 1.56 bits per heavy atom. The third kappa shape index (κ3) is 3.84. The van der Waals surface area contributed by atoms with Crippen LogP contribution < -0.4 is 5.73 Å². The molecule has 1 unspecified atom stereocenters. The standard InChI is InChI=1S/C14H23NS/c1-10(2)13(15)16-12-8-6-11(7-9-12)14(3,4)5/h6-10,13H,15H2,1-5H3. The SMILES string of the molecule is CC(C)C(N)Sc1ccc(C(C)(C)C)cc1. The summed E-state index contributed by atoms with van der Waals surface area (Å²) in [5.74, 6) is 0.507. The summed E-state index contributed by atoms with van der Waals surface area (Å²) >= 11 is 1.75. The first kappa shape index (κ1) is 13.6. The van der Waals surface area contributed by atoms with Gasteiger partial charge in [-0.3, -0.25) is 0 Å². The molecule has 0 heterocycles. The van der Waals surface area contributed by atoms with E-state index in [-0.39, 0.29) is 10.8 Å². The summed E-state index contributed by atoms with van der Waals surface area (Å²) in [6.07, 6.45) is 0. The fourth-order valence-electron chi connectivity index (χ4n) is 1.33. The van der Waals surface area contributed by atoms with Gasteiger partial charge in [-0.15, -0.1) is 11.8 Å². The Morgan fingerprint density at radius 1 is 1.06 bits per heavy atom. The number of nitrogens with two attached hydrogens (primary N) is 1. The lowest BCUT2D eigenvalue weighted by Gasteiger charge is -2.20. The van der Waals surface area contributed by atoms with E-state index in [1.807, 2.05) is 0 Å². The number of hydrogen-bond donors (Lipinski definition) is 1. The normalized spacial score (nSPS) is 14.2. The van der Waals surface area contributed by atoms with Gasteiger partial charge in [0.1, 0.15) is 0 Å². The predicted molar refractivity (Wildman–Crippen MR) is 73.8 cm³/mol. The van der Waals surface area contributed by atoms with Gasteiger partial charge in [0.15, 0.2) is 0 Å². The topological polar surface area (TPSA) is 26.0 Å². The van der Waals surface area contributed by atoms with E-state index >= 15 is 0 Å². The molecule has 1 aromatic carbocycles. The van der Waals surface area contributed by atoms with Crippen LogP contribution >= 0.6 is 11.8 Å². The summed E-state index contributed by atoms with van der Waals surface area (Å²) in [5, 5.41) is 0.181. The summed E-state index contributed by atoms with van der Waals surface area (Å²) in [4.78, 5) is 1.26. The second kappa shape index (κ2) is 5.24. The number of benzene rings is 1. The smallest absolute Gasteiger partial charge is 0.0577 e. The van der Waals surface area contributed by atoms with Gasteiger partial charge in [-0.05, 0) is 29.0 Å². The van der Waals surface area contributed by atoms with Crippen LogP contribution in [0.15, 0.2) is 29.2 Å². The van der Waals surface area contributed by atoms with Crippen molar-refractivity contribution in [3.8, 4) is 0 Å². The first-order valence-corrected chi connectivity index (χ1v) is 6.71. The minimum Gasteiger partial charge on any atom is -0.319 e. The second-order valence-corrected chi connectivity index (χ2v) is 6.85. The highest BCUT2D eigenvalue weighted by Crippen LogP contribution is 2.28. The molecule has 1 atom stereocenters. The number of rotatable bonds is 3. The zero-order valence-corrected chi connectivity index (χ0v) is 11.8. The Labute approximate surface area is 104 Å². The third-order valence-corrected chi connectivity index (χ3v) is 4.01. The van der Waals surface area contributed by atoms with Gasteiger partial charge in [-0.2, -0.15) is 0 Å². The lowest BCUT2D eigenvalue weighted by atomic mass is 9.87. The molecule has 2 N–H and O–H groups in total. The molecule has 0 spiro atoms. The molecule has 90 valence electrons. The summed E-state index contributed by atoms with van der Waals surface area (Å²) in [5.41, 5.74) is 7.63. The largest absolute Gasteiger partial charge is 0.319 e.